The molecule has 2 aromatic carbocycles. The first kappa shape index (κ1) is 16.1. The van der Waals surface area contributed by atoms with Crippen LogP contribution in [0.1, 0.15) is 31.4 Å². The van der Waals surface area contributed by atoms with Crippen LogP contribution >= 0.6 is 0 Å². The minimum absolute atomic E-state index is 0.565. The summed E-state index contributed by atoms with van der Waals surface area (Å²) in [6.45, 7) is 6.62. The van der Waals surface area contributed by atoms with Gasteiger partial charge in [-0.3, -0.25) is 0 Å². The average Bonchev–Trinajstić information content (AvgIpc) is 3.00. The van der Waals surface area contributed by atoms with Crippen LogP contribution in [0.2, 0.25) is 0 Å². The van der Waals surface area contributed by atoms with Crippen molar-refractivity contribution in [2.45, 2.75) is 45.2 Å². The van der Waals surface area contributed by atoms with Gasteiger partial charge < -0.3 is 10.2 Å². The largest absolute Gasteiger partial charge is 0.368 e. The fourth-order valence-electron chi connectivity index (χ4n) is 3.68. The molecule has 1 aliphatic rings. The van der Waals surface area contributed by atoms with Crippen molar-refractivity contribution in [2.75, 3.05) is 18.0 Å². The van der Waals surface area contributed by atoms with E-state index in [9.17, 15) is 0 Å². The number of benzene rings is 2. The summed E-state index contributed by atoms with van der Waals surface area (Å²) < 4.78 is 0. The summed E-state index contributed by atoms with van der Waals surface area (Å²) in [5.41, 5.74) is 4.41. The molecular formula is C21H28N2. The molecule has 0 amide bonds. The molecule has 0 spiro atoms. The molecule has 2 heteroatoms. The molecule has 23 heavy (non-hydrogen) atoms. The lowest BCUT2D eigenvalue weighted by atomic mass is 10.1. The second-order valence-corrected chi connectivity index (χ2v) is 6.61. The van der Waals surface area contributed by atoms with E-state index in [1.165, 1.54) is 36.1 Å². The maximum Gasteiger partial charge on any atom is 0.0370 e. The van der Waals surface area contributed by atoms with Crippen molar-refractivity contribution in [3.8, 4) is 0 Å². The van der Waals surface area contributed by atoms with E-state index in [-0.39, 0.29) is 0 Å². The van der Waals surface area contributed by atoms with Crippen molar-refractivity contribution >= 4 is 5.69 Å². The van der Waals surface area contributed by atoms with E-state index in [2.05, 4.69) is 78.7 Å². The summed E-state index contributed by atoms with van der Waals surface area (Å²) in [7, 11) is 0. The average molecular weight is 308 g/mol. The van der Waals surface area contributed by atoms with Crippen LogP contribution in [0.15, 0.2) is 54.6 Å². The Morgan fingerprint density at radius 3 is 2.22 bits per heavy atom. The smallest absolute Gasteiger partial charge is 0.0370 e. The molecule has 2 nitrogen and oxygen atoms in total. The Labute approximate surface area is 140 Å². The predicted molar refractivity (Wildman–Crippen MR) is 99.2 cm³/mol. The molecule has 0 radical (unpaired) electrons. The van der Waals surface area contributed by atoms with E-state index in [1.807, 2.05) is 0 Å². The fourth-order valence-corrected chi connectivity index (χ4v) is 3.68. The molecule has 1 atom stereocenters. The zero-order valence-corrected chi connectivity index (χ0v) is 14.3. The Morgan fingerprint density at radius 2 is 1.61 bits per heavy atom. The zero-order valence-electron chi connectivity index (χ0n) is 14.3. The number of anilines is 1. The summed E-state index contributed by atoms with van der Waals surface area (Å²) in [6, 6.07) is 21.0. The predicted octanol–water partition coefficient (Wildman–Crippen LogP) is 4.05. The van der Waals surface area contributed by atoms with Gasteiger partial charge in [0.25, 0.3) is 0 Å². The van der Waals surface area contributed by atoms with Gasteiger partial charge in [0.2, 0.25) is 0 Å². The molecule has 1 aliphatic carbocycles. The molecule has 0 saturated carbocycles. The van der Waals surface area contributed by atoms with Gasteiger partial charge in [-0.15, -0.1) is 0 Å². The highest BCUT2D eigenvalue weighted by Gasteiger charge is 2.26. The minimum Gasteiger partial charge on any atom is -0.368 e. The molecule has 0 aliphatic heterocycles. The Kier molecular flexibility index (Phi) is 5.35. The van der Waals surface area contributed by atoms with Crippen LogP contribution in [0, 0.1) is 0 Å². The Balaban J connectivity index is 1.74. The summed E-state index contributed by atoms with van der Waals surface area (Å²) in [5.74, 6) is 0. The number of nitrogens with one attached hydrogen (secondary N) is 1. The van der Waals surface area contributed by atoms with E-state index < -0.39 is 0 Å². The number of hydrogen-bond donors (Lipinski definition) is 1. The summed E-state index contributed by atoms with van der Waals surface area (Å²) in [4.78, 5) is 2.62. The Morgan fingerprint density at radius 1 is 1.00 bits per heavy atom. The fraction of sp³-hybridized carbons (Fsp3) is 0.429. The normalized spacial score (nSPS) is 15.4. The standard InChI is InChI=1S/C21H28N2/c1-3-22-17(2)13-14-23(20-11-5-4-6-12-20)21-15-18-9-7-8-10-19(18)16-21/h4-12,17,21-22H,3,13-16H2,1-2H3. The van der Waals surface area contributed by atoms with Crippen LogP contribution in [0.3, 0.4) is 0 Å². The molecule has 0 heterocycles. The van der Waals surface area contributed by atoms with Gasteiger partial charge in [0, 0.05) is 24.3 Å². The third-order valence-electron chi connectivity index (χ3n) is 4.91. The van der Waals surface area contributed by atoms with Crippen LogP contribution in [0.25, 0.3) is 0 Å². The molecule has 0 bridgehead atoms. The van der Waals surface area contributed by atoms with Crippen LogP contribution in [0.4, 0.5) is 5.69 Å². The van der Waals surface area contributed by atoms with Gasteiger partial charge in [-0.1, -0.05) is 49.4 Å². The SMILES string of the molecule is CCNC(C)CCN(c1ccccc1)C1Cc2ccccc2C1. The van der Waals surface area contributed by atoms with Crippen LogP contribution in [0.5, 0.6) is 0 Å². The van der Waals surface area contributed by atoms with E-state index in [0.717, 1.165) is 13.1 Å². The molecule has 0 aromatic heterocycles. The Bertz CT molecular complexity index is 583. The summed E-state index contributed by atoms with van der Waals surface area (Å²) in [5, 5.41) is 3.53. The van der Waals surface area contributed by atoms with Crippen molar-refractivity contribution in [3.05, 3.63) is 65.7 Å². The highest BCUT2D eigenvalue weighted by molar-refractivity contribution is 5.49. The van der Waals surface area contributed by atoms with Gasteiger partial charge in [0.15, 0.2) is 0 Å². The maximum absolute atomic E-state index is 3.53. The number of nitrogens with zero attached hydrogens (tertiary/aromatic N) is 1. The molecule has 1 N–H and O–H groups in total. The summed E-state index contributed by atoms with van der Waals surface area (Å²) >= 11 is 0. The van der Waals surface area contributed by atoms with Crippen LogP contribution < -0.4 is 10.2 Å². The maximum atomic E-state index is 3.53. The topological polar surface area (TPSA) is 15.3 Å². The number of fused-ring (bicyclic) bond motifs is 1. The van der Waals surface area contributed by atoms with Gasteiger partial charge in [0.1, 0.15) is 0 Å². The van der Waals surface area contributed by atoms with Crippen LogP contribution in [-0.2, 0) is 12.8 Å². The van der Waals surface area contributed by atoms with E-state index in [0.29, 0.717) is 12.1 Å². The zero-order chi connectivity index (χ0) is 16.1. The van der Waals surface area contributed by atoms with Crippen molar-refractivity contribution in [1.82, 2.24) is 5.32 Å². The first-order valence-electron chi connectivity index (χ1n) is 8.89. The van der Waals surface area contributed by atoms with Crippen molar-refractivity contribution < 1.29 is 0 Å². The second-order valence-electron chi connectivity index (χ2n) is 6.61. The Hall–Kier alpha value is -1.80. The van der Waals surface area contributed by atoms with Gasteiger partial charge in [0.05, 0.1) is 0 Å². The quantitative estimate of drug-likeness (QED) is 0.830. The lowest BCUT2D eigenvalue weighted by Gasteiger charge is -2.32. The monoisotopic (exact) mass is 308 g/mol. The molecule has 0 fully saturated rings. The molecule has 0 saturated heterocycles. The number of para-hydroxylation sites is 1. The van der Waals surface area contributed by atoms with E-state index in [1.54, 1.807) is 0 Å². The highest BCUT2D eigenvalue weighted by Crippen LogP contribution is 2.29. The highest BCUT2D eigenvalue weighted by atomic mass is 15.2. The third kappa shape index (κ3) is 3.94. The van der Waals surface area contributed by atoms with Crippen molar-refractivity contribution in [2.24, 2.45) is 0 Å². The van der Waals surface area contributed by atoms with Crippen LogP contribution in [-0.4, -0.2) is 25.2 Å². The van der Waals surface area contributed by atoms with E-state index in [4.69, 9.17) is 0 Å². The molecule has 122 valence electrons. The molecule has 3 rings (SSSR count). The first-order valence-corrected chi connectivity index (χ1v) is 8.89. The first-order chi connectivity index (χ1) is 11.3. The molecule has 2 aromatic rings. The second kappa shape index (κ2) is 7.65. The number of rotatable bonds is 7. The van der Waals surface area contributed by atoms with Gasteiger partial charge >= 0.3 is 0 Å². The third-order valence-corrected chi connectivity index (χ3v) is 4.91. The lowest BCUT2D eigenvalue weighted by Crippen LogP contribution is -2.39. The minimum atomic E-state index is 0.565. The van der Waals surface area contributed by atoms with E-state index >= 15 is 0 Å². The van der Waals surface area contributed by atoms with Gasteiger partial charge in [-0.2, -0.15) is 0 Å². The van der Waals surface area contributed by atoms with Crippen molar-refractivity contribution in [1.29, 1.82) is 0 Å². The van der Waals surface area contributed by atoms with Gasteiger partial charge in [-0.25, -0.2) is 0 Å². The van der Waals surface area contributed by atoms with Gasteiger partial charge in [-0.05, 0) is 56.0 Å². The molecular weight excluding hydrogens is 280 g/mol. The lowest BCUT2D eigenvalue weighted by molar-refractivity contribution is 0.504. The van der Waals surface area contributed by atoms with Crippen molar-refractivity contribution in [3.63, 3.8) is 0 Å². The number of hydrogen-bond acceptors (Lipinski definition) is 2. The summed E-state index contributed by atoms with van der Waals surface area (Å²) in [6.07, 6.45) is 3.51. The molecule has 1 unspecified atom stereocenters.